The minimum Gasteiger partial charge on any atom is -0.481 e. The molecule has 7 nitrogen and oxygen atoms in total. The maximum atomic E-state index is 12.6. The minimum absolute atomic E-state index is 0.0101. The Bertz CT molecular complexity index is 1030. The van der Waals surface area contributed by atoms with Gasteiger partial charge < -0.3 is 20.1 Å². The Balaban J connectivity index is 1.29. The Morgan fingerprint density at radius 2 is 1.68 bits per heavy atom. The molecule has 0 aromatic heterocycles. The average molecular weight is 465 g/mol. The second-order valence-electron chi connectivity index (χ2n) is 9.85. The smallest absolute Gasteiger partial charge is 0.407 e. The highest BCUT2D eigenvalue weighted by Crippen LogP contribution is 2.44. The summed E-state index contributed by atoms with van der Waals surface area (Å²) in [5.41, 5.74) is 4.02. The molecule has 4 rings (SSSR count). The third-order valence-electron chi connectivity index (χ3n) is 6.87. The van der Waals surface area contributed by atoms with Crippen LogP contribution in [-0.2, 0) is 14.3 Å². The molecule has 0 bridgehead atoms. The summed E-state index contributed by atoms with van der Waals surface area (Å²) in [6, 6.07) is 16.4. The molecule has 1 aliphatic carbocycles. The second-order valence-corrected chi connectivity index (χ2v) is 9.85. The lowest BCUT2D eigenvalue weighted by Gasteiger charge is -2.32. The number of alkyl carbamates (subject to hydrolysis) is 1. The van der Waals surface area contributed by atoms with Crippen LogP contribution in [-0.4, -0.2) is 53.2 Å². The Kier molecular flexibility index (Phi) is 6.91. The van der Waals surface area contributed by atoms with Gasteiger partial charge in [-0.25, -0.2) is 4.79 Å². The van der Waals surface area contributed by atoms with Crippen molar-refractivity contribution in [1.82, 2.24) is 10.2 Å². The molecular formula is C27H32N2O5. The number of carbonyl (C=O) groups is 3. The number of aliphatic carboxylic acids is 1. The molecule has 1 heterocycles. The summed E-state index contributed by atoms with van der Waals surface area (Å²) in [4.78, 5) is 38.1. The van der Waals surface area contributed by atoms with E-state index in [1.807, 2.05) is 38.1 Å². The normalized spacial score (nSPS) is 17.6. The van der Waals surface area contributed by atoms with E-state index in [1.54, 1.807) is 4.90 Å². The van der Waals surface area contributed by atoms with Gasteiger partial charge in [0.2, 0.25) is 5.91 Å². The quantitative estimate of drug-likeness (QED) is 0.633. The summed E-state index contributed by atoms with van der Waals surface area (Å²) in [5, 5.41) is 12.1. The number of carbonyl (C=O) groups excluding carboxylic acids is 2. The lowest BCUT2D eigenvalue weighted by atomic mass is 9.95. The van der Waals surface area contributed by atoms with Gasteiger partial charge in [0.1, 0.15) is 6.61 Å². The molecule has 2 N–H and O–H groups in total. The molecule has 0 radical (unpaired) electrons. The van der Waals surface area contributed by atoms with Crippen LogP contribution in [0.5, 0.6) is 0 Å². The largest absolute Gasteiger partial charge is 0.481 e. The van der Waals surface area contributed by atoms with Gasteiger partial charge in [0.05, 0.1) is 5.92 Å². The van der Waals surface area contributed by atoms with E-state index in [-0.39, 0.29) is 31.4 Å². The Morgan fingerprint density at radius 3 is 2.29 bits per heavy atom. The van der Waals surface area contributed by atoms with Crippen molar-refractivity contribution in [2.24, 2.45) is 5.92 Å². The standard InChI is InChI=1S/C27H32N2O5/c1-27(2,14-13-24(30)29-15-7-8-18(16-29)25(31)32)28-26(33)34-17-23-21-11-5-3-9-19(21)20-10-4-6-12-22(20)23/h3-6,9-12,18,23H,7-8,13-17H2,1-2H3,(H,28,33)(H,31,32)/t18-/m0/s1. The molecule has 1 saturated heterocycles. The van der Waals surface area contributed by atoms with Crippen LogP contribution >= 0.6 is 0 Å². The predicted octanol–water partition coefficient (Wildman–Crippen LogP) is 4.41. The second kappa shape index (κ2) is 9.87. The summed E-state index contributed by atoms with van der Waals surface area (Å²) < 4.78 is 5.63. The van der Waals surface area contributed by atoms with E-state index in [1.165, 1.54) is 11.1 Å². The van der Waals surface area contributed by atoms with Crippen molar-refractivity contribution in [2.45, 2.75) is 51.0 Å². The van der Waals surface area contributed by atoms with Crippen molar-refractivity contribution in [2.75, 3.05) is 19.7 Å². The number of hydrogen-bond donors (Lipinski definition) is 2. The van der Waals surface area contributed by atoms with Crippen molar-refractivity contribution in [3.05, 3.63) is 59.7 Å². The van der Waals surface area contributed by atoms with Crippen LogP contribution in [0.1, 0.15) is 56.6 Å². The van der Waals surface area contributed by atoms with Crippen molar-refractivity contribution in [3.8, 4) is 11.1 Å². The molecule has 2 aromatic rings. The molecule has 34 heavy (non-hydrogen) atoms. The summed E-state index contributed by atoms with van der Waals surface area (Å²) in [6.07, 6.45) is 1.47. The summed E-state index contributed by atoms with van der Waals surface area (Å²) in [7, 11) is 0. The van der Waals surface area contributed by atoms with Crippen LogP contribution in [0, 0.1) is 5.92 Å². The van der Waals surface area contributed by atoms with Gasteiger partial charge in [0, 0.05) is 31.0 Å². The van der Waals surface area contributed by atoms with Crippen LogP contribution in [0.25, 0.3) is 11.1 Å². The van der Waals surface area contributed by atoms with Gasteiger partial charge in [-0.05, 0) is 55.4 Å². The van der Waals surface area contributed by atoms with Crippen molar-refractivity contribution in [1.29, 1.82) is 0 Å². The van der Waals surface area contributed by atoms with Gasteiger partial charge in [-0.15, -0.1) is 0 Å². The Labute approximate surface area is 200 Å². The lowest BCUT2D eigenvalue weighted by Crippen LogP contribution is -2.46. The monoisotopic (exact) mass is 464 g/mol. The number of ether oxygens (including phenoxy) is 1. The van der Waals surface area contributed by atoms with Crippen LogP contribution < -0.4 is 5.32 Å². The zero-order valence-electron chi connectivity index (χ0n) is 19.8. The van der Waals surface area contributed by atoms with Crippen molar-refractivity contribution >= 4 is 18.0 Å². The highest BCUT2D eigenvalue weighted by Gasteiger charge is 2.31. The van der Waals surface area contributed by atoms with Gasteiger partial charge in [0.25, 0.3) is 0 Å². The number of fused-ring (bicyclic) bond motifs is 3. The number of hydrogen-bond acceptors (Lipinski definition) is 4. The van der Waals surface area contributed by atoms with Gasteiger partial charge in [-0.2, -0.15) is 0 Å². The van der Waals surface area contributed by atoms with E-state index in [0.29, 0.717) is 25.8 Å². The third kappa shape index (κ3) is 5.24. The molecule has 0 spiro atoms. The molecule has 180 valence electrons. The molecule has 2 aromatic carbocycles. The number of nitrogens with zero attached hydrogens (tertiary/aromatic N) is 1. The fraction of sp³-hybridized carbons (Fsp3) is 0.444. The molecule has 0 saturated carbocycles. The molecule has 1 atom stereocenters. The molecule has 1 aliphatic heterocycles. The van der Waals surface area contributed by atoms with Crippen molar-refractivity contribution in [3.63, 3.8) is 0 Å². The highest BCUT2D eigenvalue weighted by atomic mass is 16.5. The number of likely N-dealkylation sites (tertiary alicyclic amines) is 1. The van der Waals surface area contributed by atoms with E-state index in [4.69, 9.17) is 4.74 Å². The first-order valence-corrected chi connectivity index (χ1v) is 11.9. The Morgan fingerprint density at radius 1 is 1.06 bits per heavy atom. The SMILES string of the molecule is CC(C)(CCC(=O)N1CCC[C@H](C(=O)O)C1)NC(=O)OCC1c2ccccc2-c2ccccc21. The first-order chi connectivity index (χ1) is 16.2. The summed E-state index contributed by atoms with van der Waals surface area (Å²) >= 11 is 0. The predicted molar refractivity (Wildman–Crippen MR) is 128 cm³/mol. The van der Waals surface area contributed by atoms with E-state index in [2.05, 4.69) is 29.6 Å². The van der Waals surface area contributed by atoms with Crippen LogP contribution in [0.3, 0.4) is 0 Å². The van der Waals surface area contributed by atoms with Gasteiger partial charge >= 0.3 is 12.1 Å². The zero-order valence-corrected chi connectivity index (χ0v) is 19.8. The fourth-order valence-electron chi connectivity index (χ4n) is 4.96. The number of rotatable bonds is 7. The average Bonchev–Trinajstić information content (AvgIpc) is 3.15. The Hall–Kier alpha value is -3.35. The maximum Gasteiger partial charge on any atom is 0.407 e. The number of amides is 2. The first-order valence-electron chi connectivity index (χ1n) is 11.9. The number of benzene rings is 2. The lowest BCUT2D eigenvalue weighted by molar-refractivity contribution is -0.145. The minimum atomic E-state index is -0.852. The molecular weight excluding hydrogens is 432 g/mol. The van der Waals surface area contributed by atoms with Crippen LogP contribution in [0.2, 0.25) is 0 Å². The number of nitrogens with one attached hydrogen (secondary N) is 1. The van der Waals surface area contributed by atoms with E-state index in [0.717, 1.165) is 11.1 Å². The van der Waals surface area contributed by atoms with Gasteiger partial charge in [-0.1, -0.05) is 48.5 Å². The van der Waals surface area contributed by atoms with Gasteiger partial charge in [-0.3, -0.25) is 9.59 Å². The zero-order chi connectivity index (χ0) is 24.3. The molecule has 2 amide bonds. The van der Waals surface area contributed by atoms with E-state index >= 15 is 0 Å². The molecule has 2 aliphatic rings. The van der Waals surface area contributed by atoms with Crippen LogP contribution in [0.15, 0.2) is 48.5 Å². The number of carboxylic acids is 1. The molecule has 0 unspecified atom stereocenters. The van der Waals surface area contributed by atoms with Crippen molar-refractivity contribution < 1.29 is 24.2 Å². The molecule has 7 heteroatoms. The number of carboxylic acid groups (broad SMARTS) is 1. The van der Waals surface area contributed by atoms with Crippen LogP contribution in [0.4, 0.5) is 4.79 Å². The summed E-state index contributed by atoms with van der Waals surface area (Å²) in [5.74, 6) is -1.43. The topological polar surface area (TPSA) is 95.9 Å². The third-order valence-corrected chi connectivity index (χ3v) is 6.87. The highest BCUT2D eigenvalue weighted by molar-refractivity contribution is 5.79. The maximum absolute atomic E-state index is 12.6. The van der Waals surface area contributed by atoms with E-state index in [9.17, 15) is 19.5 Å². The number of piperidine rings is 1. The fourth-order valence-corrected chi connectivity index (χ4v) is 4.96. The van der Waals surface area contributed by atoms with E-state index < -0.39 is 23.5 Å². The first kappa shape index (κ1) is 23.8. The van der Waals surface area contributed by atoms with Gasteiger partial charge in [0.15, 0.2) is 0 Å². The summed E-state index contributed by atoms with van der Waals surface area (Å²) in [6.45, 7) is 4.80. The molecule has 1 fully saturated rings.